The van der Waals surface area contributed by atoms with Gasteiger partial charge >= 0.3 is 5.97 Å². The van der Waals surface area contributed by atoms with Gasteiger partial charge in [0.2, 0.25) is 11.8 Å². The lowest BCUT2D eigenvalue weighted by atomic mass is 9.70. The van der Waals surface area contributed by atoms with E-state index >= 15 is 0 Å². The van der Waals surface area contributed by atoms with Crippen molar-refractivity contribution >= 4 is 29.4 Å². The predicted octanol–water partition coefficient (Wildman–Crippen LogP) is 4.51. The van der Waals surface area contributed by atoms with Gasteiger partial charge in [0, 0.05) is 31.8 Å². The third kappa shape index (κ3) is 7.34. The molecule has 50 heavy (non-hydrogen) atoms. The van der Waals surface area contributed by atoms with E-state index in [4.69, 9.17) is 14.2 Å². The lowest BCUT2D eigenvalue weighted by Gasteiger charge is -2.37. The van der Waals surface area contributed by atoms with Crippen molar-refractivity contribution in [1.29, 1.82) is 0 Å². The van der Waals surface area contributed by atoms with E-state index in [1.54, 1.807) is 60.3 Å². The Morgan fingerprint density at radius 3 is 2.50 bits per heavy atom. The summed E-state index contributed by atoms with van der Waals surface area (Å²) in [5.41, 5.74) is 0.0895. The number of unbranched alkanes of at least 4 members (excludes halogenated alkanes) is 2. The second kappa shape index (κ2) is 16.5. The van der Waals surface area contributed by atoms with Crippen LogP contribution in [0.4, 0.5) is 5.69 Å². The van der Waals surface area contributed by atoms with Gasteiger partial charge in [-0.25, -0.2) is 0 Å². The number of likely N-dealkylation sites (tertiary alicyclic amines) is 1. The van der Waals surface area contributed by atoms with Crippen molar-refractivity contribution in [1.82, 2.24) is 10.2 Å². The molecule has 2 N–H and O–H groups in total. The Labute approximate surface area is 294 Å². The number of benzene rings is 2. The molecule has 2 aromatic rings. The highest BCUT2D eigenvalue weighted by atomic mass is 16.6. The third-order valence-corrected chi connectivity index (χ3v) is 10.1. The molecule has 11 nitrogen and oxygen atoms in total. The highest BCUT2D eigenvalue weighted by Gasteiger charge is 2.75. The maximum Gasteiger partial charge on any atom is 0.313 e. The number of aliphatic hydroxyl groups is 1. The summed E-state index contributed by atoms with van der Waals surface area (Å²) < 4.78 is 18.2. The number of allylic oxidation sites excluding steroid dienone is 1. The molecule has 3 aliphatic rings. The highest BCUT2D eigenvalue weighted by molar-refractivity contribution is 6.04. The lowest BCUT2D eigenvalue weighted by Crippen LogP contribution is -2.56. The molecule has 2 aromatic carbocycles. The van der Waals surface area contributed by atoms with Gasteiger partial charge in [-0.1, -0.05) is 42.5 Å². The van der Waals surface area contributed by atoms with E-state index in [9.17, 15) is 24.3 Å². The molecular weight excluding hydrogens is 638 g/mol. The Hall–Kier alpha value is -4.48. The zero-order valence-corrected chi connectivity index (χ0v) is 29.0. The van der Waals surface area contributed by atoms with Gasteiger partial charge in [-0.3, -0.25) is 19.2 Å². The normalized spacial score (nSPS) is 24.6. The number of aliphatic hydroxyl groups excluding tert-OH is 1. The fourth-order valence-corrected chi connectivity index (χ4v) is 7.81. The number of ether oxygens (including phenoxy) is 3. The number of fused-ring (bicyclic) bond motifs is 1. The number of rotatable bonds is 18. The summed E-state index contributed by atoms with van der Waals surface area (Å²) in [5, 5.41) is 12.3. The molecule has 0 aliphatic carbocycles. The Bertz CT molecular complexity index is 1530. The summed E-state index contributed by atoms with van der Waals surface area (Å²) in [7, 11) is 1.57. The average molecular weight is 688 g/mol. The van der Waals surface area contributed by atoms with Crippen molar-refractivity contribution in [2.75, 3.05) is 31.7 Å². The molecule has 268 valence electrons. The van der Waals surface area contributed by atoms with Gasteiger partial charge in [-0.2, -0.15) is 0 Å². The first-order valence-electron chi connectivity index (χ1n) is 17.5. The van der Waals surface area contributed by atoms with Crippen LogP contribution in [0, 0.1) is 11.8 Å². The van der Waals surface area contributed by atoms with Crippen LogP contribution in [-0.4, -0.2) is 84.3 Å². The Morgan fingerprint density at radius 1 is 1.10 bits per heavy atom. The Morgan fingerprint density at radius 2 is 1.84 bits per heavy atom. The summed E-state index contributed by atoms with van der Waals surface area (Å²) in [4.78, 5) is 59.4. The van der Waals surface area contributed by atoms with Crippen molar-refractivity contribution in [2.45, 2.75) is 81.8 Å². The van der Waals surface area contributed by atoms with E-state index in [1.807, 2.05) is 30.3 Å². The smallest absolute Gasteiger partial charge is 0.313 e. The number of esters is 1. The number of hydrogen-bond acceptors (Lipinski definition) is 8. The lowest BCUT2D eigenvalue weighted by molar-refractivity contribution is -0.162. The molecule has 5 rings (SSSR count). The molecule has 3 aliphatic heterocycles. The molecule has 0 aromatic heterocycles. The number of anilines is 1. The van der Waals surface area contributed by atoms with Gasteiger partial charge in [-0.05, 0) is 75.3 Å². The van der Waals surface area contributed by atoms with Gasteiger partial charge in [0.15, 0.2) is 0 Å². The number of carbonyl (C=O) groups is 4. The maximum atomic E-state index is 14.7. The Kier molecular flexibility index (Phi) is 12.1. The second-order valence-electron chi connectivity index (χ2n) is 13.3. The van der Waals surface area contributed by atoms with Crippen LogP contribution in [0.2, 0.25) is 0 Å². The van der Waals surface area contributed by atoms with E-state index in [1.165, 1.54) is 0 Å². The number of nitrogens with one attached hydrogen (secondary N) is 1. The summed E-state index contributed by atoms with van der Waals surface area (Å²) in [6.45, 7) is 9.83. The van der Waals surface area contributed by atoms with E-state index in [0.717, 1.165) is 0 Å². The zero-order valence-electron chi connectivity index (χ0n) is 29.0. The molecule has 3 saturated heterocycles. The zero-order chi connectivity index (χ0) is 35.8. The molecule has 2 bridgehead atoms. The van der Waals surface area contributed by atoms with Gasteiger partial charge < -0.3 is 34.4 Å². The number of nitrogens with zero attached hydrogens (tertiary/aromatic N) is 2. The van der Waals surface area contributed by atoms with Crippen molar-refractivity contribution in [2.24, 2.45) is 11.8 Å². The first-order valence-corrected chi connectivity index (χ1v) is 17.5. The van der Waals surface area contributed by atoms with Crippen LogP contribution in [0.5, 0.6) is 5.75 Å². The monoisotopic (exact) mass is 687 g/mol. The van der Waals surface area contributed by atoms with Crippen molar-refractivity contribution in [3.8, 4) is 5.75 Å². The molecule has 3 heterocycles. The fourth-order valence-electron chi connectivity index (χ4n) is 7.81. The third-order valence-electron chi connectivity index (χ3n) is 10.1. The van der Waals surface area contributed by atoms with Crippen molar-refractivity contribution in [3.05, 3.63) is 85.5 Å². The summed E-state index contributed by atoms with van der Waals surface area (Å²) in [6.07, 6.45) is 5.36. The number of amides is 3. The minimum Gasteiger partial charge on any atom is -0.497 e. The van der Waals surface area contributed by atoms with Gasteiger partial charge in [-0.15, -0.1) is 13.2 Å². The molecule has 0 saturated carbocycles. The van der Waals surface area contributed by atoms with Crippen molar-refractivity contribution in [3.63, 3.8) is 0 Å². The van der Waals surface area contributed by atoms with Gasteiger partial charge in [0.05, 0.1) is 31.1 Å². The van der Waals surface area contributed by atoms with Gasteiger partial charge in [0.25, 0.3) is 5.91 Å². The van der Waals surface area contributed by atoms with Crippen LogP contribution in [0.3, 0.4) is 0 Å². The molecule has 0 unspecified atom stereocenters. The highest BCUT2D eigenvalue weighted by Crippen LogP contribution is 2.59. The van der Waals surface area contributed by atoms with Crippen LogP contribution < -0.4 is 15.0 Å². The average Bonchev–Trinajstić information content (AvgIpc) is 3.77. The molecular formula is C39H49N3O8. The van der Waals surface area contributed by atoms with Gasteiger partial charge in [0.1, 0.15) is 23.5 Å². The number of methoxy groups -OCH3 is 1. The summed E-state index contributed by atoms with van der Waals surface area (Å²) >= 11 is 0. The quantitative estimate of drug-likeness (QED) is 0.133. The van der Waals surface area contributed by atoms with Crippen molar-refractivity contribution < 1.29 is 38.5 Å². The van der Waals surface area contributed by atoms with Crippen LogP contribution in [0.1, 0.15) is 63.5 Å². The van der Waals surface area contributed by atoms with E-state index < -0.39 is 47.7 Å². The molecule has 1 spiro atoms. The summed E-state index contributed by atoms with van der Waals surface area (Å²) in [5.74, 6) is -2.64. The molecule has 0 radical (unpaired) electrons. The number of hydrogen-bond donors (Lipinski definition) is 2. The molecule has 7 atom stereocenters. The van der Waals surface area contributed by atoms with Crippen LogP contribution in [0.25, 0.3) is 0 Å². The second-order valence-corrected chi connectivity index (χ2v) is 13.3. The SMILES string of the molecule is C=CCCC(=O)N[C@H](C)[C@@H](OC(=O)[C@@H]1[C@H]2C(=O)N(CCCCCO)[C@H](C(=O)N(CC=C)c3ccc(OC)cc3)[C@]23CC[C@H]1O3)c1ccccc1. The maximum absolute atomic E-state index is 14.7. The Balaban J connectivity index is 1.46. The van der Waals surface area contributed by atoms with E-state index in [-0.39, 0.29) is 43.8 Å². The van der Waals surface area contributed by atoms with Crippen LogP contribution >= 0.6 is 0 Å². The molecule has 11 heteroatoms. The van der Waals surface area contributed by atoms with E-state index in [0.29, 0.717) is 55.5 Å². The fraction of sp³-hybridized carbons (Fsp3) is 0.487. The molecule has 3 fully saturated rings. The first kappa shape index (κ1) is 36.8. The minimum atomic E-state index is -1.22. The van der Waals surface area contributed by atoms with Crippen LogP contribution in [0.15, 0.2) is 79.9 Å². The first-order chi connectivity index (χ1) is 24.2. The summed E-state index contributed by atoms with van der Waals surface area (Å²) in [6, 6.07) is 14.7. The van der Waals surface area contributed by atoms with Crippen LogP contribution in [-0.2, 0) is 28.7 Å². The topological polar surface area (TPSA) is 135 Å². The van der Waals surface area contributed by atoms with E-state index in [2.05, 4.69) is 18.5 Å². The predicted molar refractivity (Wildman–Crippen MR) is 188 cm³/mol. The minimum absolute atomic E-state index is 0.0296. The number of carbonyl (C=O) groups excluding carboxylic acids is 4. The standard InChI is InChI=1S/C39H49N3O8/c1-5-7-16-31(44)40-26(3)34(27-14-10-8-11-15-27)49-38(47)32-30-21-22-39(50-30)33(32)36(45)42(24-12-9-13-25-43)35(39)37(46)41(23-6-2)28-17-19-29(48-4)20-18-28/h5-6,8,10-11,14-15,17-20,26,30,32-35,43H,1-2,7,9,12-13,16,21-25H2,3-4H3,(H,40,44)/t26-,30-,32+,33+,34-,35-,39+/m1/s1. The molecule has 3 amide bonds. The largest absolute Gasteiger partial charge is 0.497 e.